The molecule has 0 bridgehead atoms. The number of methoxy groups -OCH3 is 1. The lowest BCUT2D eigenvalue weighted by Crippen LogP contribution is -2.54. The predicted octanol–water partition coefficient (Wildman–Crippen LogP) is 1.64. The second-order valence-electron chi connectivity index (χ2n) is 6.39. The lowest BCUT2D eigenvalue weighted by Gasteiger charge is -2.41. The van der Waals surface area contributed by atoms with Crippen molar-refractivity contribution in [2.45, 2.75) is 63.6 Å². The van der Waals surface area contributed by atoms with Crippen LogP contribution in [0, 0.1) is 0 Å². The highest BCUT2D eigenvalue weighted by Crippen LogP contribution is 2.22. The van der Waals surface area contributed by atoms with Gasteiger partial charge in [0.2, 0.25) is 5.91 Å². The first-order chi connectivity index (χ1) is 10.2. The molecule has 2 rings (SSSR count). The molecular formula is C16H32ClN3O2. The first-order valence-corrected chi connectivity index (χ1v) is 8.46. The van der Waals surface area contributed by atoms with Crippen LogP contribution in [0.1, 0.15) is 45.4 Å². The Kier molecular flexibility index (Phi) is 8.69. The van der Waals surface area contributed by atoms with Gasteiger partial charge in [0.15, 0.2) is 0 Å². The van der Waals surface area contributed by atoms with Gasteiger partial charge >= 0.3 is 0 Å². The number of nitrogens with two attached hydrogens (primary N) is 1. The van der Waals surface area contributed by atoms with E-state index in [4.69, 9.17) is 10.5 Å². The topological polar surface area (TPSA) is 58.8 Å². The van der Waals surface area contributed by atoms with Gasteiger partial charge in [-0.3, -0.25) is 9.69 Å². The van der Waals surface area contributed by atoms with Crippen molar-refractivity contribution < 1.29 is 9.53 Å². The van der Waals surface area contributed by atoms with Gasteiger partial charge in [0, 0.05) is 38.8 Å². The fraction of sp³-hybridized carbons (Fsp3) is 0.938. The minimum Gasteiger partial charge on any atom is -0.381 e. The number of halogens is 1. The highest BCUT2D eigenvalue weighted by molar-refractivity contribution is 5.85. The van der Waals surface area contributed by atoms with Crippen LogP contribution in [0.25, 0.3) is 0 Å². The predicted molar refractivity (Wildman–Crippen MR) is 91.3 cm³/mol. The number of hydrogen-bond donors (Lipinski definition) is 1. The highest BCUT2D eigenvalue weighted by atomic mass is 35.5. The van der Waals surface area contributed by atoms with Gasteiger partial charge in [-0.05, 0) is 38.5 Å². The van der Waals surface area contributed by atoms with Crippen LogP contribution in [0.3, 0.4) is 0 Å². The molecule has 0 spiro atoms. The summed E-state index contributed by atoms with van der Waals surface area (Å²) in [6, 6.07) is 0.719. The smallest absolute Gasteiger partial charge is 0.237 e. The van der Waals surface area contributed by atoms with Crippen LogP contribution in [0.15, 0.2) is 0 Å². The van der Waals surface area contributed by atoms with E-state index in [-0.39, 0.29) is 24.4 Å². The van der Waals surface area contributed by atoms with E-state index in [1.54, 1.807) is 7.11 Å². The number of likely N-dealkylation sites (tertiary alicyclic amines) is 2. The zero-order valence-corrected chi connectivity index (χ0v) is 14.8. The molecule has 5 nitrogen and oxygen atoms in total. The number of amides is 1. The van der Waals surface area contributed by atoms with Crippen molar-refractivity contribution in [1.29, 1.82) is 0 Å². The molecule has 2 fully saturated rings. The van der Waals surface area contributed by atoms with Crippen molar-refractivity contribution in [3.8, 4) is 0 Å². The van der Waals surface area contributed by atoms with E-state index in [0.29, 0.717) is 25.2 Å². The molecule has 2 aliphatic rings. The van der Waals surface area contributed by atoms with Gasteiger partial charge in [-0.2, -0.15) is 0 Å². The minimum absolute atomic E-state index is 0. The Morgan fingerprint density at radius 3 is 2.64 bits per heavy atom. The maximum Gasteiger partial charge on any atom is 0.237 e. The van der Waals surface area contributed by atoms with Gasteiger partial charge in [0.05, 0.1) is 12.6 Å². The summed E-state index contributed by atoms with van der Waals surface area (Å²) in [5.41, 5.74) is 5.90. The molecule has 2 N–H and O–H groups in total. The van der Waals surface area contributed by atoms with Gasteiger partial charge in [0.1, 0.15) is 0 Å². The first-order valence-electron chi connectivity index (χ1n) is 8.46. The third-order valence-corrected chi connectivity index (χ3v) is 5.15. The summed E-state index contributed by atoms with van der Waals surface area (Å²) >= 11 is 0. The van der Waals surface area contributed by atoms with Gasteiger partial charge < -0.3 is 15.4 Å². The molecule has 3 unspecified atom stereocenters. The number of carbonyl (C=O) groups is 1. The second kappa shape index (κ2) is 9.71. The number of piperidine rings is 2. The maximum absolute atomic E-state index is 12.7. The molecule has 0 aliphatic carbocycles. The van der Waals surface area contributed by atoms with Crippen LogP contribution in [0.4, 0.5) is 0 Å². The summed E-state index contributed by atoms with van der Waals surface area (Å²) in [6.45, 7) is 5.15. The lowest BCUT2D eigenvalue weighted by atomic mass is 9.98. The highest BCUT2D eigenvalue weighted by Gasteiger charge is 2.32. The van der Waals surface area contributed by atoms with Crippen molar-refractivity contribution in [3.05, 3.63) is 0 Å². The Morgan fingerprint density at radius 1 is 1.23 bits per heavy atom. The van der Waals surface area contributed by atoms with E-state index in [9.17, 15) is 4.79 Å². The quantitative estimate of drug-likeness (QED) is 0.831. The molecule has 130 valence electrons. The Morgan fingerprint density at radius 2 is 2.00 bits per heavy atom. The Hall–Kier alpha value is -0.360. The van der Waals surface area contributed by atoms with Gasteiger partial charge in [0.25, 0.3) is 0 Å². The number of rotatable bonds is 5. The standard InChI is InChI=1S/C16H31N3O2.ClH/c1-3-13-6-4-5-8-19(13)16(20)12-18-9-7-15(21-2)10-14(18)11-17;/h13-15H,3-12,17H2,1-2H3;1H. The monoisotopic (exact) mass is 333 g/mol. The van der Waals surface area contributed by atoms with Crippen LogP contribution in [-0.2, 0) is 9.53 Å². The molecule has 1 amide bonds. The summed E-state index contributed by atoms with van der Waals surface area (Å²) < 4.78 is 5.45. The maximum atomic E-state index is 12.7. The molecule has 0 radical (unpaired) electrons. The van der Waals surface area contributed by atoms with Crippen molar-refractivity contribution in [1.82, 2.24) is 9.80 Å². The first kappa shape index (κ1) is 19.7. The molecular weight excluding hydrogens is 302 g/mol. The summed E-state index contributed by atoms with van der Waals surface area (Å²) in [7, 11) is 1.76. The molecule has 3 atom stereocenters. The number of carbonyl (C=O) groups excluding carboxylic acids is 1. The zero-order chi connectivity index (χ0) is 15.2. The summed E-state index contributed by atoms with van der Waals surface area (Å²) in [6.07, 6.45) is 6.87. The average Bonchev–Trinajstić information content (AvgIpc) is 2.55. The molecule has 0 aromatic heterocycles. The van der Waals surface area contributed by atoms with Crippen molar-refractivity contribution in [2.24, 2.45) is 5.73 Å². The fourth-order valence-corrected chi connectivity index (χ4v) is 3.75. The number of ether oxygens (including phenoxy) is 1. The molecule has 0 aromatic rings. The third-order valence-electron chi connectivity index (χ3n) is 5.15. The molecule has 0 saturated carbocycles. The largest absolute Gasteiger partial charge is 0.381 e. The molecule has 0 aromatic carbocycles. The molecule has 22 heavy (non-hydrogen) atoms. The molecule has 2 saturated heterocycles. The Balaban J connectivity index is 0.00000242. The SMILES string of the molecule is CCC1CCCCN1C(=O)CN1CCC(OC)CC1CN.Cl. The van der Waals surface area contributed by atoms with Gasteiger partial charge in [-0.15, -0.1) is 12.4 Å². The summed E-state index contributed by atoms with van der Waals surface area (Å²) in [5, 5.41) is 0. The zero-order valence-electron chi connectivity index (χ0n) is 14.0. The summed E-state index contributed by atoms with van der Waals surface area (Å²) in [4.78, 5) is 17.0. The van der Waals surface area contributed by atoms with Crippen molar-refractivity contribution in [3.63, 3.8) is 0 Å². The second-order valence-corrected chi connectivity index (χ2v) is 6.39. The Bertz CT molecular complexity index is 343. The molecule has 6 heteroatoms. The molecule has 2 aliphatic heterocycles. The van der Waals surface area contributed by atoms with Gasteiger partial charge in [-0.1, -0.05) is 6.92 Å². The number of hydrogen-bond acceptors (Lipinski definition) is 4. The minimum atomic E-state index is 0. The number of nitrogens with zero attached hydrogens (tertiary/aromatic N) is 2. The van der Waals surface area contributed by atoms with Crippen LogP contribution >= 0.6 is 12.4 Å². The summed E-state index contributed by atoms with van der Waals surface area (Å²) in [5.74, 6) is 0.288. The average molecular weight is 334 g/mol. The molecule has 2 heterocycles. The van der Waals surface area contributed by atoms with E-state index in [1.165, 1.54) is 6.42 Å². The van der Waals surface area contributed by atoms with Gasteiger partial charge in [-0.25, -0.2) is 0 Å². The van der Waals surface area contributed by atoms with E-state index >= 15 is 0 Å². The van der Waals surface area contributed by atoms with E-state index in [2.05, 4.69) is 16.7 Å². The van der Waals surface area contributed by atoms with Crippen LogP contribution < -0.4 is 5.73 Å². The van der Waals surface area contributed by atoms with E-state index < -0.39 is 0 Å². The Labute approximate surface area is 140 Å². The van der Waals surface area contributed by atoms with Crippen molar-refractivity contribution in [2.75, 3.05) is 33.3 Å². The van der Waals surface area contributed by atoms with E-state index in [0.717, 1.165) is 45.2 Å². The van der Waals surface area contributed by atoms with E-state index in [1.807, 2.05) is 0 Å². The lowest BCUT2D eigenvalue weighted by molar-refractivity contribution is -0.137. The normalized spacial score (nSPS) is 30.0. The van der Waals surface area contributed by atoms with Crippen molar-refractivity contribution >= 4 is 18.3 Å². The van der Waals surface area contributed by atoms with Crippen LogP contribution in [0.5, 0.6) is 0 Å². The van der Waals surface area contributed by atoms with Crippen LogP contribution in [-0.4, -0.2) is 67.2 Å². The third kappa shape index (κ3) is 4.82. The fourth-order valence-electron chi connectivity index (χ4n) is 3.75. The van der Waals surface area contributed by atoms with Crippen LogP contribution in [0.2, 0.25) is 0 Å².